The molecule has 1 N–H and O–H groups in total. The number of methoxy groups -OCH3 is 2. The molecule has 4 aromatic rings. The molecule has 2 atom stereocenters. The number of aromatic nitrogens is 3. The molecule has 2 aliphatic rings. The first kappa shape index (κ1) is 20.3. The number of hydrogen-bond acceptors (Lipinski definition) is 6. The lowest BCUT2D eigenvalue weighted by molar-refractivity contribution is 0.217. The van der Waals surface area contributed by atoms with Crippen molar-refractivity contribution in [1.82, 2.24) is 14.8 Å². The SMILES string of the molecule is COc1ccc([C@@H]2Oc3ccc(F)cc3C3=C2[C@H](c2ccccc2)n2ncnc2N3)c(OC)c1. The summed E-state index contributed by atoms with van der Waals surface area (Å²) >= 11 is 0. The highest BCUT2D eigenvalue weighted by molar-refractivity contribution is 5.85. The van der Waals surface area contributed by atoms with E-state index in [1.165, 1.54) is 18.5 Å². The van der Waals surface area contributed by atoms with E-state index < -0.39 is 6.10 Å². The monoisotopic (exact) mass is 456 g/mol. The molecule has 0 radical (unpaired) electrons. The van der Waals surface area contributed by atoms with Gasteiger partial charge in [0.2, 0.25) is 5.95 Å². The van der Waals surface area contributed by atoms with Crippen molar-refractivity contribution in [3.05, 3.63) is 101 Å². The first-order chi connectivity index (χ1) is 16.7. The van der Waals surface area contributed by atoms with Crippen molar-refractivity contribution in [2.24, 2.45) is 0 Å². The smallest absolute Gasteiger partial charge is 0.226 e. The maximum Gasteiger partial charge on any atom is 0.226 e. The molecular weight excluding hydrogens is 435 g/mol. The van der Waals surface area contributed by atoms with Gasteiger partial charge in [-0.25, -0.2) is 9.07 Å². The Bertz CT molecular complexity index is 1420. The molecule has 0 fully saturated rings. The first-order valence-electron chi connectivity index (χ1n) is 10.8. The number of ether oxygens (including phenoxy) is 3. The highest BCUT2D eigenvalue weighted by Crippen LogP contribution is 2.52. The Balaban J connectivity index is 1.64. The molecule has 0 spiro atoms. The number of rotatable bonds is 4. The Hall–Kier alpha value is -4.33. The zero-order valence-electron chi connectivity index (χ0n) is 18.5. The van der Waals surface area contributed by atoms with E-state index in [1.54, 1.807) is 20.3 Å². The quantitative estimate of drug-likeness (QED) is 0.466. The fourth-order valence-corrected chi connectivity index (χ4v) is 4.69. The first-order valence-corrected chi connectivity index (χ1v) is 10.8. The van der Waals surface area contributed by atoms with Gasteiger partial charge in [0, 0.05) is 22.8 Å². The van der Waals surface area contributed by atoms with Gasteiger partial charge in [-0.2, -0.15) is 10.1 Å². The zero-order chi connectivity index (χ0) is 23.2. The third-order valence-electron chi connectivity index (χ3n) is 6.21. The number of hydrogen-bond donors (Lipinski definition) is 1. The van der Waals surface area contributed by atoms with Crippen molar-refractivity contribution in [2.75, 3.05) is 19.5 Å². The van der Waals surface area contributed by atoms with Crippen LogP contribution in [0.3, 0.4) is 0 Å². The van der Waals surface area contributed by atoms with Crippen LogP contribution in [0, 0.1) is 5.82 Å². The number of nitrogens with zero attached hydrogens (tertiary/aromatic N) is 3. The molecule has 0 amide bonds. The van der Waals surface area contributed by atoms with Gasteiger partial charge in [0.15, 0.2) is 6.10 Å². The Labute approximate surface area is 195 Å². The highest BCUT2D eigenvalue weighted by atomic mass is 19.1. The topological polar surface area (TPSA) is 70.4 Å². The van der Waals surface area contributed by atoms with Gasteiger partial charge in [-0.05, 0) is 35.9 Å². The molecule has 0 saturated heterocycles. The van der Waals surface area contributed by atoms with Crippen LogP contribution in [-0.4, -0.2) is 29.0 Å². The largest absolute Gasteiger partial charge is 0.497 e. The van der Waals surface area contributed by atoms with Crippen LogP contribution in [-0.2, 0) is 0 Å². The third-order valence-corrected chi connectivity index (χ3v) is 6.21. The van der Waals surface area contributed by atoms with Crippen LogP contribution in [0.1, 0.15) is 28.8 Å². The minimum Gasteiger partial charge on any atom is -0.497 e. The molecule has 7 nitrogen and oxygen atoms in total. The number of halogens is 1. The molecule has 0 saturated carbocycles. The maximum absolute atomic E-state index is 14.4. The van der Waals surface area contributed by atoms with E-state index in [0.29, 0.717) is 28.8 Å². The third kappa shape index (κ3) is 3.10. The minimum atomic E-state index is -0.538. The van der Waals surface area contributed by atoms with Crippen LogP contribution in [0.2, 0.25) is 0 Å². The molecule has 0 bridgehead atoms. The normalized spacial score (nSPS) is 18.2. The summed E-state index contributed by atoms with van der Waals surface area (Å²) in [7, 11) is 3.22. The molecule has 3 heterocycles. The van der Waals surface area contributed by atoms with Gasteiger partial charge >= 0.3 is 0 Å². The summed E-state index contributed by atoms with van der Waals surface area (Å²) in [6, 6.07) is 19.8. The van der Waals surface area contributed by atoms with E-state index in [4.69, 9.17) is 14.2 Å². The molecule has 0 aliphatic carbocycles. The van der Waals surface area contributed by atoms with Gasteiger partial charge in [-0.1, -0.05) is 30.3 Å². The van der Waals surface area contributed by atoms with Crippen LogP contribution in [0.15, 0.2) is 78.6 Å². The lowest BCUT2D eigenvalue weighted by Crippen LogP contribution is -2.32. The van der Waals surface area contributed by atoms with Gasteiger partial charge in [0.25, 0.3) is 0 Å². The van der Waals surface area contributed by atoms with Crippen molar-refractivity contribution < 1.29 is 18.6 Å². The molecule has 34 heavy (non-hydrogen) atoms. The average molecular weight is 456 g/mol. The molecule has 8 heteroatoms. The molecule has 170 valence electrons. The molecule has 2 aliphatic heterocycles. The zero-order valence-corrected chi connectivity index (χ0v) is 18.5. The second-order valence-corrected chi connectivity index (χ2v) is 8.04. The Kier molecular flexibility index (Phi) is 4.72. The second kappa shape index (κ2) is 7.91. The van der Waals surface area contributed by atoms with E-state index in [1.807, 2.05) is 53.2 Å². The van der Waals surface area contributed by atoms with E-state index in [-0.39, 0.29) is 11.9 Å². The number of nitrogens with one attached hydrogen (secondary N) is 1. The fourth-order valence-electron chi connectivity index (χ4n) is 4.69. The second-order valence-electron chi connectivity index (χ2n) is 8.04. The van der Waals surface area contributed by atoms with Gasteiger partial charge in [-0.15, -0.1) is 0 Å². The van der Waals surface area contributed by atoms with Crippen LogP contribution in [0.4, 0.5) is 10.3 Å². The summed E-state index contributed by atoms with van der Waals surface area (Å²) < 4.78 is 33.9. The molecule has 0 unspecified atom stereocenters. The van der Waals surface area contributed by atoms with Crippen molar-refractivity contribution in [3.63, 3.8) is 0 Å². The summed E-state index contributed by atoms with van der Waals surface area (Å²) in [6.45, 7) is 0. The average Bonchev–Trinajstić information content (AvgIpc) is 3.35. The minimum absolute atomic E-state index is 0.330. The lowest BCUT2D eigenvalue weighted by atomic mass is 9.84. The summed E-state index contributed by atoms with van der Waals surface area (Å²) in [5.74, 6) is 2.09. The highest BCUT2D eigenvalue weighted by Gasteiger charge is 2.42. The summed E-state index contributed by atoms with van der Waals surface area (Å²) in [5.41, 5.74) is 4.08. The molecule has 3 aromatic carbocycles. The van der Waals surface area contributed by atoms with E-state index in [0.717, 1.165) is 22.4 Å². The Morgan fingerprint density at radius 1 is 1.00 bits per heavy atom. The van der Waals surface area contributed by atoms with Crippen LogP contribution in [0.5, 0.6) is 17.2 Å². The molecular formula is C26H21FN4O3. The van der Waals surface area contributed by atoms with E-state index in [2.05, 4.69) is 15.4 Å². The Morgan fingerprint density at radius 2 is 1.85 bits per heavy atom. The number of benzene rings is 3. The number of fused-ring (bicyclic) bond motifs is 3. The molecule has 1 aromatic heterocycles. The molecule has 6 rings (SSSR count). The summed E-state index contributed by atoms with van der Waals surface area (Å²) in [6.07, 6.45) is 0.969. The van der Waals surface area contributed by atoms with Gasteiger partial charge in [-0.3, -0.25) is 0 Å². The van der Waals surface area contributed by atoms with Gasteiger partial charge < -0.3 is 19.5 Å². The van der Waals surface area contributed by atoms with Gasteiger partial charge in [0.1, 0.15) is 35.4 Å². The van der Waals surface area contributed by atoms with Crippen molar-refractivity contribution >= 4 is 11.6 Å². The van der Waals surface area contributed by atoms with Crippen LogP contribution < -0.4 is 19.5 Å². The standard InChI is InChI=1S/C26H21FN4O3/c1-32-17-9-10-18(21(13-17)33-2)25-22-23(19-12-16(27)8-11-20(19)34-25)30-26-28-14-29-31(26)24(22)15-6-4-3-5-7-15/h3-14,24-25H,1-2H3,(H,28,29,30)/t24-,25-/m0/s1. The van der Waals surface area contributed by atoms with Crippen molar-refractivity contribution in [1.29, 1.82) is 0 Å². The summed E-state index contributed by atoms with van der Waals surface area (Å²) in [4.78, 5) is 4.40. The predicted molar refractivity (Wildman–Crippen MR) is 124 cm³/mol. The van der Waals surface area contributed by atoms with Gasteiger partial charge in [0.05, 0.1) is 19.9 Å². The predicted octanol–water partition coefficient (Wildman–Crippen LogP) is 4.99. The maximum atomic E-state index is 14.4. The van der Waals surface area contributed by atoms with Crippen LogP contribution in [0.25, 0.3) is 5.70 Å². The summed E-state index contributed by atoms with van der Waals surface area (Å²) in [5, 5.41) is 7.88. The number of anilines is 1. The van der Waals surface area contributed by atoms with Crippen molar-refractivity contribution in [3.8, 4) is 17.2 Å². The fraction of sp³-hybridized carbons (Fsp3) is 0.154. The van der Waals surface area contributed by atoms with E-state index >= 15 is 0 Å². The van der Waals surface area contributed by atoms with Crippen molar-refractivity contribution in [2.45, 2.75) is 12.1 Å². The van der Waals surface area contributed by atoms with E-state index in [9.17, 15) is 4.39 Å². The lowest BCUT2D eigenvalue weighted by Gasteiger charge is -2.39. The Morgan fingerprint density at radius 3 is 2.65 bits per heavy atom. The van der Waals surface area contributed by atoms with Crippen LogP contribution >= 0.6 is 0 Å².